The van der Waals surface area contributed by atoms with Crippen molar-refractivity contribution in [1.82, 2.24) is 15.1 Å². The van der Waals surface area contributed by atoms with E-state index in [0.717, 1.165) is 81.3 Å². The van der Waals surface area contributed by atoms with Crippen LogP contribution in [0.5, 0.6) is 0 Å². The average Bonchev–Trinajstić information content (AvgIpc) is 3.48. The second-order valence-corrected chi connectivity index (χ2v) is 12.2. The summed E-state index contributed by atoms with van der Waals surface area (Å²) in [6, 6.07) is 7.97. The van der Waals surface area contributed by atoms with Gasteiger partial charge in [0.25, 0.3) is 11.8 Å². The molecule has 1 aliphatic carbocycles. The van der Waals surface area contributed by atoms with Crippen molar-refractivity contribution >= 4 is 23.4 Å². The molecule has 0 aromatic heterocycles. The largest absolute Gasteiger partial charge is 0.416 e. The van der Waals surface area contributed by atoms with E-state index < -0.39 is 23.7 Å². The van der Waals surface area contributed by atoms with Gasteiger partial charge in [0, 0.05) is 25.2 Å². The summed E-state index contributed by atoms with van der Waals surface area (Å²) in [4.78, 5) is 31.0. The molecule has 2 aromatic rings. The minimum atomic E-state index is -4.58. The Morgan fingerprint density at radius 3 is 2.49 bits per heavy atom. The van der Waals surface area contributed by atoms with Crippen molar-refractivity contribution in [1.29, 1.82) is 0 Å². The lowest BCUT2D eigenvalue weighted by Gasteiger charge is -2.39. The molecule has 0 bridgehead atoms. The van der Waals surface area contributed by atoms with Gasteiger partial charge >= 0.3 is 6.18 Å². The average molecular weight is 562 g/mol. The van der Waals surface area contributed by atoms with Gasteiger partial charge < -0.3 is 15.1 Å². The van der Waals surface area contributed by atoms with Crippen molar-refractivity contribution in [3.8, 4) is 0 Å². The van der Waals surface area contributed by atoms with Crippen LogP contribution in [0, 0.1) is 11.3 Å². The van der Waals surface area contributed by atoms with E-state index in [1.807, 2.05) is 23.1 Å². The number of alkyl halides is 3. The van der Waals surface area contributed by atoms with Crippen LogP contribution in [-0.4, -0.2) is 54.3 Å². The highest BCUT2D eigenvalue weighted by Crippen LogP contribution is 2.41. The predicted molar refractivity (Wildman–Crippen MR) is 145 cm³/mol. The van der Waals surface area contributed by atoms with Crippen molar-refractivity contribution < 1.29 is 22.8 Å². The van der Waals surface area contributed by atoms with E-state index in [9.17, 15) is 22.8 Å². The third-order valence-corrected chi connectivity index (χ3v) is 8.91. The van der Waals surface area contributed by atoms with Crippen molar-refractivity contribution in [3.05, 3.63) is 69.2 Å². The quantitative estimate of drug-likeness (QED) is 0.462. The zero-order valence-electron chi connectivity index (χ0n) is 22.4. The number of rotatable bonds is 5. The van der Waals surface area contributed by atoms with Crippen LogP contribution in [0.3, 0.4) is 0 Å². The fourth-order valence-corrected chi connectivity index (χ4v) is 6.63. The molecule has 0 saturated carbocycles. The van der Waals surface area contributed by atoms with Gasteiger partial charge in [0.2, 0.25) is 0 Å². The first-order valence-electron chi connectivity index (χ1n) is 13.8. The Bertz CT molecular complexity index is 1250. The van der Waals surface area contributed by atoms with Crippen LogP contribution in [0.15, 0.2) is 36.4 Å². The van der Waals surface area contributed by atoms with Gasteiger partial charge in [-0.1, -0.05) is 31.5 Å². The maximum atomic E-state index is 13.5. The van der Waals surface area contributed by atoms with Crippen LogP contribution < -0.4 is 5.32 Å². The summed E-state index contributed by atoms with van der Waals surface area (Å²) in [6.45, 7) is 9.28. The fraction of sp³-hybridized carbons (Fsp3) is 0.533. The molecule has 5 rings (SSSR count). The number of hydrogen-bond acceptors (Lipinski definition) is 3. The Balaban J connectivity index is 1.26. The Labute approximate surface area is 232 Å². The summed E-state index contributed by atoms with van der Waals surface area (Å²) in [7, 11) is 0. The van der Waals surface area contributed by atoms with Gasteiger partial charge in [-0.05, 0) is 98.0 Å². The van der Waals surface area contributed by atoms with Gasteiger partial charge in [-0.3, -0.25) is 9.59 Å². The van der Waals surface area contributed by atoms with Crippen LogP contribution in [0.4, 0.5) is 13.2 Å². The number of fused-ring (bicyclic) bond motifs is 1. The molecule has 5 nitrogen and oxygen atoms in total. The molecule has 2 fully saturated rings. The van der Waals surface area contributed by atoms with E-state index in [0.29, 0.717) is 24.3 Å². The molecule has 1 unspecified atom stereocenters. The number of halogens is 4. The number of carbonyl (C=O) groups is 2. The lowest BCUT2D eigenvalue weighted by atomic mass is 9.77. The first-order chi connectivity index (χ1) is 18.4. The SMILES string of the molecule is CC(C)CN1CCC2(CC1)CCN(C(=O)c1ccc3c(c1)C(NC(=O)c1cc(C(F)(F)F)ccc1Cl)CC3)C2. The summed E-state index contributed by atoms with van der Waals surface area (Å²) >= 11 is 6.08. The fourth-order valence-electron chi connectivity index (χ4n) is 6.42. The topological polar surface area (TPSA) is 52.6 Å². The summed E-state index contributed by atoms with van der Waals surface area (Å²) < 4.78 is 39.5. The molecule has 39 heavy (non-hydrogen) atoms. The van der Waals surface area contributed by atoms with E-state index in [1.54, 1.807) is 0 Å². The predicted octanol–water partition coefficient (Wildman–Crippen LogP) is 6.36. The van der Waals surface area contributed by atoms with E-state index in [1.165, 1.54) is 0 Å². The van der Waals surface area contributed by atoms with Crippen molar-refractivity contribution in [2.75, 3.05) is 32.7 Å². The molecule has 2 heterocycles. The van der Waals surface area contributed by atoms with Crippen LogP contribution >= 0.6 is 11.6 Å². The van der Waals surface area contributed by atoms with Crippen LogP contribution in [0.2, 0.25) is 5.02 Å². The summed E-state index contributed by atoms with van der Waals surface area (Å²) in [5.41, 5.74) is 1.51. The zero-order chi connectivity index (χ0) is 27.9. The minimum absolute atomic E-state index is 0.00261. The molecule has 3 aliphatic rings. The number of benzene rings is 2. The third kappa shape index (κ3) is 5.97. The lowest BCUT2D eigenvalue weighted by molar-refractivity contribution is -0.137. The maximum Gasteiger partial charge on any atom is 0.416 e. The van der Waals surface area contributed by atoms with Gasteiger partial charge in [-0.2, -0.15) is 13.2 Å². The van der Waals surface area contributed by atoms with Crippen molar-refractivity contribution in [2.24, 2.45) is 11.3 Å². The Hall–Kier alpha value is -2.58. The van der Waals surface area contributed by atoms with E-state index >= 15 is 0 Å². The zero-order valence-corrected chi connectivity index (χ0v) is 23.2. The summed E-state index contributed by atoms with van der Waals surface area (Å²) in [5.74, 6) is -0.0145. The van der Waals surface area contributed by atoms with E-state index in [-0.39, 0.29) is 21.9 Å². The number of piperidine rings is 1. The number of likely N-dealkylation sites (tertiary alicyclic amines) is 2. The number of carbonyl (C=O) groups excluding carboxylic acids is 2. The molecule has 2 saturated heterocycles. The van der Waals surface area contributed by atoms with Gasteiger partial charge in [-0.15, -0.1) is 0 Å². The number of amides is 2. The number of nitrogens with one attached hydrogen (secondary N) is 1. The highest BCUT2D eigenvalue weighted by molar-refractivity contribution is 6.33. The molecule has 210 valence electrons. The molecule has 2 aliphatic heterocycles. The molecule has 1 spiro atoms. The second-order valence-electron chi connectivity index (χ2n) is 11.8. The van der Waals surface area contributed by atoms with Gasteiger partial charge in [0.1, 0.15) is 0 Å². The Kier molecular flexibility index (Phi) is 7.72. The highest BCUT2D eigenvalue weighted by Gasteiger charge is 2.42. The first kappa shape index (κ1) is 28.0. The molecule has 0 radical (unpaired) electrons. The summed E-state index contributed by atoms with van der Waals surface area (Å²) in [6.07, 6.45) is -0.0106. The molecular formula is C30H35ClF3N3O2. The smallest absolute Gasteiger partial charge is 0.345 e. The molecule has 9 heteroatoms. The van der Waals surface area contributed by atoms with Crippen molar-refractivity contribution in [3.63, 3.8) is 0 Å². The summed E-state index contributed by atoms with van der Waals surface area (Å²) in [5, 5.41) is 2.81. The van der Waals surface area contributed by atoms with Crippen LogP contribution in [-0.2, 0) is 12.6 Å². The highest BCUT2D eigenvalue weighted by atomic mass is 35.5. The molecule has 2 aromatic carbocycles. The number of hydrogen-bond donors (Lipinski definition) is 1. The first-order valence-corrected chi connectivity index (χ1v) is 14.1. The Morgan fingerprint density at radius 1 is 1.08 bits per heavy atom. The van der Waals surface area contributed by atoms with Gasteiger partial charge in [0.05, 0.1) is 22.2 Å². The van der Waals surface area contributed by atoms with Gasteiger partial charge in [-0.25, -0.2) is 0 Å². The van der Waals surface area contributed by atoms with E-state index in [2.05, 4.69) is 24.1 Å². The monoisotopic (exact) mass is 561 g/mol. The van der Waals surface area contributed by atoms with E-state index in [4.69, 9.17) is 11.6 Å². The molecule has 1 N–H and O–H groups in total. The number of nitrogens with zero attached hydrogens (tertiary/aromatic N) is 2. The third-order valence-electron chi connectivity index (χ3n) is 8.58. The number of aryl methyl sites for hydroxylation is 1. The van der Waals surface area contributed by atoms with Crippen molar-refractivity contribution in [2.45, 2.75) is 58.2 Å². The second kappa shape index (κ2) is 10.8. The maximum absolute atomic E-state index is 13.5. The van der Waals surface area contributed by atoms with Crippen LogP contribution in [0.1, 0.15) is 83.0 Å². The Morgan fingerprint density at radius 2 is 1.79 bits per heavy atom. The molecular weight excluding hydrogens is 527 g/mol. The van der Waals surface area contributed by atoms with Crippen LogP contribution in [0.25, 0.3) is 0 Å². The molecule has 2 amide bonds. The lowest BCUT2D eigenvalue weighted by Crippen LogP contribution is -2.43. The standard InChI is InChI=1S/C30H35ClF3N3O2/c1-19(2)17-36-12-9-29(10-13-36)11-14-37(18-29)28(39)21-4-3-20-5-8-26(23(20)15-21)35-27(38)24-16-22(30(32,33)34)6-7-25(24)31/h3-4,6-7,15-16,19,26H,5,8-14,17-18H2,1-2H3,(H,35,38). The molecule has 1 atom stereocenters. The van der Waals surface area contributed by atoms with Gasteiger partial charge in [0.15, 0.2) is 0 Å². The normalized spacial score (nSPS) is 21.0. The minimum Gasteiger partial charge on any atom is -0.345 e.